The quantitative estimate of drug-likeness (QED) is 0.647. The Balaban J connectivity index is 2.33. The molecule has 3 nitrogen and oxygen atoms in total. The standard InChI is InChI=1S/C16H26N2O/c1-12-7-8-14(11-13(12)2)15(18-17)16(19-3)9-5-4-6-10-16/h7-8,11,15,18H,4-6,9-10,17H2,1-3H3. The van der Waals surface area contributed by atoms with Crippen LogP contribution in [0.2, 0.25) is 0 Å². The number of hydrogen-bond donors (Lipinski definition) is 2. The molecule has 0 aliphatic heterocycles. The van der Waals surface area contributed by atoms with Crippen LogP contribution in [0.3, 0.4) is 0 Å². The summed E-state index contributed by atoms with van der Waals surface area (Å²) in [5, 5.41) is 0. The molecule has 3 N–H and O–H groups in total. The van der Waals surface area contributed by atoms with Crippen LogP contribution in [0.1, 0.15) is 54.8 Å². The highest BCUT2D eigenvalue weighted by Gasteiger charge is 2.40. The highest BCUT2D eigenvalue weighted by Crippen LogP contribution is 2.41. The lowest BCUT2D eigenvalue weighted by Gasteiger charge is -2.42. The van der Waals surface area contributed by atoms with Crippen molar-refractivity contribution in [2.24, 2.45) is 5.84 Å². The Hall–Kier alpha value is -0.900. The average molecular weight is 262 g/mol. The van der Waals surface area contributed by atoms with E-state index in [0.29, 0.717) is 0 Å². The van der Waals surface area contributed by atoms with Crippen molar-refractivity contribution in [3.05, 3.63) is 34.9 Å². The number of nitrogens with one attached hydrogen (secondary N) is 1. The van der Waals surface area contributed by atoms with Crippen LogP contribution in [0.15, 0.2) is 18.2 Å². The molecule has 1 aliphatic rings. The predicted molar refractivity (Wildman–Crippen MR) is 78.8 cm³/mol. The molecule has 3 heteroatoms. The first kappa shape index (κ1) is 14.5. The van der Waals surface area contributed by atoms with E-state index in [1.54, 1.807) is 0 Å². The van der Waals surface area contributed by atoms with E-state index in [9.17, 15) is 0 Å². The smallest absolute Gasteiger partial charge is 0.0885 e. The van der Waals surface area contributed by atoms with Gasteiger partial charge in [0.15, 0.2) is 0 Å². The summed E-state index contributed by atoms with van der Waals surface area (Å²) < 4.78 is 5.91. The van der Waals surface area contributed by atoms with E-state index in [0.717, 1.165) is 12.8 Å². The number of hydrogen-bond acceptors (Lipinski definition) is 3. The lowest BCUT2D eigenvalue weighted by molar-refractivity contribution is -0.0688. The van der Waals surface area contributed by atoms with Gasteiger partial charge < -0.3 is 4.74 Å². The van der Waals surface area contributed by atoms with Crippen LogP contribution in [-0.4, -0.2) is 12.7 Å². The zero-order chi connectivity index (χ0) is 13.9. The van der Waals surface area contributed by atoms with Crippen molar-refractivity contribution < 1.29 is 4.74 Å². The number of ether oxygens (including phenoxy) is 1. The van der Waals surface area contributed by atoms with Gasteiger partial charge in [0.25, 0.3) is 0 Å². The fourth-order valence-corrected chi connectivity index (χ4v) is 3.26. The van der Waals surface area contributed by atoms with E-state index < -0.39 is 0 Å². The zero-order valence-corrected chi connectivity index (χ0v) is 12.3. The monoisotopic (exact) mass is 262 g/mol. The maximum Gasteiger partial charge on any atom is 0.0885 e. The van der Waals surface area contributed by atoms with Gasteiger partial charge in [0.2, 0.25) is 0 Å². The van der Waals surface area contributed by atoms with Crippen molar-refractivity contribution in [1.82, 2.24) is 5.43 Å². The van der Waals surface area contributed by atoms with E-state index in [1.165, 1.54) is 36.0 Å². The van der Waals surface area contributed by atoms with Gasteiger partial charge in [-0.3, -0.25) is 11.3 Å². The Morgan fingerprint density at radius 2 is 1.84 bits per heavy atom. The molecule has 0 bridgehead atoms. The number of methoxy groups -OCH3 is 1. The van der Waals surface area contributed by atoms with Gasteiger partial charge in [-0.05, 0) is 43.4 Å². The van der Waals surface area contributed by atoms with E-state index in [4.69, 9.17) is 10.6 Å². The van der Waals surface area contributed by atoms with Gasteiger partial charge in [0.05, 0.1) is 11.6 Å². The second-order valence-corrected chi connectivity index (χ2v) is 5.77. The second-order valence-electron chi connectivity index (χ2n) is 5.77. The number of nitrogens with two attached hydrogens (primary N) is 1. The first-order valence-electron chi connectivity index (χ1n) is 7.21. The molecule has 1 aromatic carbocycles. The minimum atomic E-state index is -0.158. The van der Waals surface area contributed by atoms with Gasteiger partial charge >= 0.3 is 0 Å². The maximum absolute atomic E-state index is 5.91. The van der Waals surface area contributed by atoms with E-state index in [-0.39, 0.29) is 11.6 Å². The van der Waals surface area contributed by atoms with Gasteiger partial charge in [0.1, 0.15) is 0 Å². The van der Waals surface area contributed by atoms with Crippen molar-refractivity contribution in [3.8, 4) is 0 Å². The van der Waals surface area contributed by atoms with Gasteiger partial charge in [0, 0.05) is 7.11 Å². The molecule has 0 aromatic heterocycles. The molecule has 0 amide bonds. The molecule has 1 aromatic rings. The Morgan fingerprint density at radius 3 is 2.37 bits per heavy atom. The summed E-state index contributed by atoms with van der Waals surface area (Å²) in [6.45, 7) is 4.28. The Kier molecular flexibility index (Phi) is 4.61. The summed E-state index contributed by atoms with van der Waals surface area (Å²) >= 11 is 0. The van der Waals surface area contributed by atoms with Crippen molar-refractivity contribution in [1.29, 1.82) is 0 Å². The first-order valence-corrected chi connectivity index (χ1v) is 7.21. The summed E-state index contributed by atoms with van der Waals surface area (Å²) in [4.78, 5) is 0. The summed E-state index contributed by atoms with van der Waals surface area (Å²) in [5.41, 5.74) is 6.69. The van der Waals surface area contributed by atoms with E-state index >= 15 is 0 Å². The molecule has 1 unspecified atom stereocenters. The fraction of sp³-hybridized carbons (Fsp3) is 0.625. The number of aryl methyl sites for hydroxylation is 2. The van der Waals surface area contributed by atoms with Gasteiger partial charge in [-0.15, -0.1) is 0 Å². The molecule has 0 heterocycles. The zero-order valence-electron chi connectivity index (χ0n) is 12.3. The van der Waals surface area contributed by atoms with Gasteiger partial charge in [-0.1, -0.05) is 37.5 Å². The highest BCUT2D eigenvalue weighted by atomic mass is 16.5. The van der Waals surface area contributed by atoms with Crippen LogP contribution in [0, 0.1) is 13.8 Å². The van der Waals surface area contributed by atoms with Crippen molar-refractivity contribution in [3.63, 3.8) is 0 Å². The molecule has 1 saturated carbocycles. The molecule has 1 atom stereocenters. The van der Waals surface area contributed by atoms with Crippen molar-refractivity contribution in [2.45, 2.75) is 57.6 Å². The van der Waals surface area contributed by atoms with Crippen LogP contribution in [-0.2, 0) is 4.74 Å². The molecular weight excluding hydrogens is 236 g/mol. The second kappa shape index (κ2) is 6.04. The summed E-state index contributed by atoms with van der Waals surface area (Å²) in [7, 11) is 1.82. The third-order valence-electron chi connectivity index (χ3n) is 4.66. The van der Waals surface area contributed by atoms with Crippen LogP contribution in [0.25, 0.3) is 0 Å². The molecule has 2 rings (SSSR count). The Labute approximate surface area is 116 Å². The largest absolute Gasteiger partial charge is 0.376 e. The van der Waals surface area contributed by atoms with Crippen LogP contribution < -0.4 is 11.3 Å². The summed E-state index contributed by atoms with van der Waals surface area (Å²) in [6, 6.07) is 6.63. The number of benzene rings is 1. The Bertz CT molecular complexity index is 425. The van der Waals surface area contributed by atoms with Crippen LogP contribution in [0.5, 0.6) is 0 Å². The molecule has 1 fully saturated rings. The van der Waals surface area contributed by atoms with E-state index in [1.807, 2.05) is 7.11 Å². The minimum Gasteiger partial charge on any atom is -0.376 e. The van der Waals surface area contributed by atoms with Crippen LogP contribution >= 0.6 is 0 Å². The lowest BCUT2D eigenvalue weighted by Crippen LogP contribution is -2.49. The topological polar surface area (TPSA) is 47.3 Å². The summed E-state index contributed by atoms with van der Waals surface area (Å²) in [5.74, 6) is 5.85. The van der Waals surface area contributed by atoms with Crippen molar-refractivity contribution >= 4 is 0 Å². The molecule has 0 spiro atoms. The SMILES string of the molecule is COC1(C(NN)c2ccc(C)c(C)c2)CCCCC1. The normalized spacial score (nSPS) is 20.2. The van der Waals surface area contributed by atoms with Crippen LogP contribution in [0.4, 0.5) is 0 Å². The van der Waals surface area contributed by atoms with Crippen molar-refractivity contribution in [2.75, 3.05) is 7.11 Å². The van der Waals surface area contributed by atoms with E-state index in [2.05, 4.69) is 37.5 Å². The highest BCUT2D eigenvalue weighted by molar-refractivity contribution is 5.33. The minimum absolute atomic E-state index is 0.0668. The maximum atomic E-state index is 5.91. The molecule has 106 valence electrons. The fourth-order valence-electron chi connectivity index (χ4n) is 3.26. The molecular formula is C16H26N2O. The van der Waals surface area contributed by atoms with Gasteiger partial charge in [-0.2, -0.15) is 0 Å². The molecule has 0 radical (unpaired) electrons. The predicted octanol–water partition coefficient (Wildman–Crippen LogP) is 3.16. The molecule has 0 saturated heterocycles. The first-order chi connectivity index (χ1) is 9.13. The number of rotatable bonds is 4. The third-order valence-corrected chi connectivity index (χ3v) is 4.66. The average Bonchev–Trinajstić information content (AvgIpc) is 2.44. The lowest BCUT2D eigenvalue weighted by atomic mass is 9.76. The molecule has 19 heavy (non-hydrogen) atoms. The summed E-state index contributed by atoms with van der Waals surface area (Å²) in [6.07, 6.45) is 5.89. The Morgan fingerprint density at radius 1 is 1.16 bits per heavy atom. The molecule has 1 aliphatic carbocycles. The number of hydrazine groups is 1. The van der Waals surface area contributed by atoms with Gasteiger partial charge in [-0.25, -0.2) is 0 Å². The third kappa shape index (κ3) is 2.83.